The van der Waals surface area contributed by atoms with Crippen LogP contribution >= 0.6 is 0 Å². The summed E-state index contributed by atoms with van der Waals surface area (Å²) in [6.45, 7) is 0. The Labute approximate surface area is 81.5 Å². The molecule has 0 radical (unpaired) electrons. The zero-order chi connectivity index (χ0) is 10.2. The molecule has 0 aromatic heterocycles. The van der Waals surface area contributed by atoms with E-state index in [4.69, 9.17) is 5.73 Å². The maximum Gasteiger partial charge on any atom is 0.334 e. The zero-order valence-electron chi connectivity index (χ0n) is 7.86. The normalized spacial score (nSPS) is 16.4. The Morgan fingerprint density at radius 1 is 1.29 bits per heavy atom. The smallest absolute Gasteiger partial charge is 0.334 e. The fraction of sp³-hybridized carbons (Fsp3) is 0.182. The van der Waals surface area contributed by atoms with Crippen molar-refractivity contribution < 1.29 is 9.53 Å². The number of carbonyl (C=O) groups excluding carboxylic acids is 1. The van der Waals surface area contributed by atoms with Crippen molar-refractivity contribution >= 4 is 18.1 Å². The highest BCUT2D eigenvalue weighted by atomic mass is 16.5. The topological polar surface area (TPSA) is 52.3 Å². The number of nitrogens with two attached hydrogens (primary N) is 1. The minimum absolute atomic E-state index is 0.436. The van der Waals surface area contributed by atoms with Gasteiger partial charge in [-0.1, -0.05) is 24.3 Å². The third-order valence-corrected chi connectivity index (χ3v) is 2.32. The average molecular weight is 189 g/mol. The Balaban J connectivity index is 2.59. The molecule has 0 saturated carbocycles. The maximum absolute atomic E-state index is 11.4. The molecule has 0 aliphatic heterocycles. The lowest BCUT2D eigenvalue weighted by atomic mass is 10.0. The number of esters is 1. The summed E-state index contributed by atoms with van der Waals surface area (Å²) in [6, 6.07) is 7.66. The summed E-state index contributed by atoms with van der Waals surface area (Å²) in [4.78, 5) is 11.4. The van der Waals surface area contributed by atoms with Crippen LogP contribution in [0.5, 0.6) is 0 Å². The van der Waals surface area contributed by atoms with Gasteiger partial charge in [0.25, 0.3) is 0 Å². The van der Waals surface area contributed by atoms with E-state index in [0.717, 1.165) is 10.4 Å². The molecule has 3 heteroatoms. The van der Waals surface area contributed by atoms with E-state index in [0.29, 0.717) is 0 Å². The van der Waals surface area contributed by atoms with Gasteiger partial charge in [-0.3, -0.25) is 0 Å². The van der Waals surface area contributed by atoms with Gasteiger partial charge in [-0.25, -0.2) is 4.79 Å². The van der Waals surface area contributed by atoms with Gasteiger partial charge in [-0.2, -0.15) is 0 Å². The standard InChI is InChI=1S/C11H11NO2/c1-14-10(13)11(12)6-8-4-2-3-5-9(8)7-11/h2-7H,12H2,1H3. The van der Waals surface area contributed by atoms with Gasteiger partial charge < -0.3 is 10.5 Å². The predicted molar refractivity (Wildman–Crippen MR) is 53.6 cm³/mol. The van der Waals surface area contributed by atoms with Crippen LogP contribution < -0.4 is 16.2 Å². The number of ether oxygens (including phenoxy) is 1. The number of carbonyl (C=O) groups is 1. The number of rotatable bonds is 1. The Morgan fingerprint density at radius 3 is 2.21 bits per heavy atom. The fourth-order valence-corrected chi connectivity index (χ4v) is 1.62. The van der Waals surface area contributed by atoms with Crippen LogP contribution in [0, 0.1) is 0 Å². The van der Waals surface area contributed by atoms with Crippen LogP contribution in [0.4, 0.5) is 0 Å². The summed E-state index contributed by atoms with van der Waals surface area (Å²) in [6.07, 6.45) is 3.43. The Morgan fingerprint density at radius 2 is 1.79 bits per heavy atom. The zero-order valence-corrected chi connectivity index (χ0v) is 7.86. The van der Waals surface area contributed by atoms with E-state index in [1.54, 1.807) is 12.2 Å². The Bertz CT molecular complexity index is 455. The van der Waals surface area contributed by atoms with Crippen LogP contribution in [0.15, 0.2) is 24.3 Å². The number of hydrogen-bond acceptors (Lipinski definition) is 3. The average Bonchev–Trinajstić information content (AvgIpc) is 2.54. The number of methoxy groups -OCH3 is 1. The van der Waals surface area contributed by atoms with Crippen molar-refractivity contribution in [1.82, 2.24) is 0 Å². The molecule has 72 valence electrons. The van der Waals surface area contributed by atoms with E-state index in [2.05, 4.69) is 4.74 Å². The van der Waals surface area contributed by atoms with Crippen molar-refractivity contribution in [3.05, 3.63) is 34.7 Å². The first-order chi connectivity index (χ1) is 6.65. The van der Waals surface area contributed by atoms with Crippen LogP contribution in [0.25, 0.3) is 12.2 Å². The largest absolute Gasteiger partial charge is 0.467 e. The van der Waals surface area contributed by atoms with E-state index in [1.807, 2.05) is 24.3 Å². The lowest BCUT2D eigenvalue weighted by Crippen LogP contribution is -2.43. The summed E-state index contributed by atoms with van der Waals surface area (Å²) < 4.78 is 4.64. The second-order valence-electron chi connectivity index (χ2n) is 3.34. The molecule has 0 saturated heterocycles. The highest BCUT2D eigenvalue weighted by molar-refractivity contribution is 5.97. The van der Waals surface area contributed by atoms with Gasteiger partial charge in [0.05, 0.1) is 7.11 Å². The molecule has 0 bridgehead atoms. The minimum atomic E-state index is -1.10. The van der Waals surface area contributed by atoms with Gasteiger partial charge in [0.1, 0.15) is 0 Å². The summed E-state index contributed by atoms with van der Waals surface area (Å²) in [5.41, 5.74) is 4.78. The van der Waals surface area contributed by atoms with Gasteiger partial charge in [0, 0.05) is 0 Å². The molecule has 1 aromatic rings. The van der Waals surface area contributed by atoms with E-state index < -0.39 is 11.5 Å². The molecule has 3 nitrogen and oxygen atoms in total. The summed E-state index contributed by atoms with van der Waals surface area (Å²) in [7, 11) is 1.33. The summed E-state index contributed by atoms with van der Waals surface area (Å²) >= 11 is 0. The number of hydrogen-bond donors (Lipinski definition) is 1. The fourth-order valence-electron chi connectivity index (χ4n) is 1.62. The molecule has 2 N–H and O–H groups in total. The highest BCUT2D eigenvalue weighted by Gasteiger charge is 2.32. The third-order valence-electron chi connectivity index (χ3n) is 2.32. The SMILES string of the molecule is COC(=O)C1(N)C=c2ccccc2=C1. The lowest BCUT2D eigenvalue weighted by Gasteiger charge is -2.15. The summed E-state index contributed by atoms with van der Waals surface area (Å²) in [5, 5.41) is 1.95. The van der Waals surface area contributed by atoms with E-state index >= 15 is 0 Å². The second-order valence-corrected chi connectivity index (χ2v) is 3.34. The van der Waals surface area contributed by atoms with Crippen LogP contribution in [-0.4, -0.2) is 18.6 Å². The first-order valence-electron chi connectivity index (χ1n) is 4.34. The molecule has 1 aromatic carbocycles. The van der Waals surface area contributed by atoms with Gasteiger partial charge >= 0.3 is 5.97 Å². The number of benzene rings is 1. The van der Waals surface area contributed by atoms with Gasteiger partial charge in [0.15, 0.2) is 5.54 Å². The molecule has 0 atom stereocenters. The molecule has 1 aliphatic rings. The molecule has 14 heavy (non-hydrogen) atoms. The van der Waals surface area contributed by atoms with Crippen molar-refractivity contribution in [3.8, 4) is 0 Å². The molecule has 0 spiro atoms. The van der Waals surface area contributed by atoms with Crippen molar-refractivity contribution in [3.63, 3.8) is 0 Å². The van der Waals surface area contributed by atoms with Crippen LogP contribution in [-0.2, 0) is 9.53 Å². The van der Waals surface area contributed by atoms with Crippen molar-refractivity contribution in [2.45, 2.75) is 5.54 Å². The monoisotopic (exact) mass is 189 g/mol. The maximum atomic E-state index is 11.4. The van der Waals surface area contributed by atoms with Gasteiger partial charge in [-0.05, 0) is 22.6 Å². The number of fused-ring (bicyclic) bond motifs is 1. The van der Waals surface area contributed by atoms with E-state index in [9.17, 15) is 4.79 Å². The van der Waals surface area contributed by atoms with Crippen molar-refractivity contribution in [2.75, 3.05) is 7.11 Å². The van der Waals surface area contributed by atoms with Crippen molar-refractivity contribution in [1.29, 1.82) is 0 Å². The molecule has 0 fully saturated rings. The molecule has 0 unspecified atom stereocenters. The third kappa shape index (κ3) is 1.22. The summed E-state index contributed by atoms with van der Waals surface area (Å²) in [5.74, 6) is -0.436. The Hall–Kier alpha value is -1.61. The molecule has 0 heterocycles. The van der Waals surface area contributed by atoms with E-state index in [-0.39, 0.29) is 0 Å². The quantitative estimate of drug-likeness (QED) is 0.584. The molecule has 1 aliphatic carbocycles. The van der Waals surface area contributed by atoms with Crippen LogP contribution in [0.3, 0.4) is 0 Å². The van der Waals surface area contributed by atoms with Gasteiger partial charge in [-0.15, -0.1) is 0 Å². The molecule has 2 rings (SSSR count). The molecular formula is C11H11NO2. The second kappa shape index (κ2) is 2.96. The van der Waals surface area contributed by atoms with Gasteiger partial charge in [0.2, 0.25) is 0 Å². The minimum Gasteiger partial charge on any atom is -0.467 e. The van der Waals surface area contributed by atoms with E-state index in [1.165, 1.54) is 7.11 Å². The highest BCUT2D eigenvalue weighted by Crippen LogP contribution is 2.09. The Kier molecular flexibility index (Phi) is 1.89. The van der Waals surface area contributed by atoms with Crippen LogP contribution in [0.2, 0.25) is 0 Å². The predicted octanol–water partition coefficient (Wildman–Crippen LogP) is -0.868. The van der Waals surface area contributed by atoms with Crippen LogP contribution in [0.1, 0.15) is 0 Å². The van der Waals surface area contributed by atoms with Crippen molar-refractivity contribution in [2.24, 2.45) is 5.73 Å². The molecule has 0 amide bonds. The first kappa shape index (κ1) is 8.97. The first-order valence-corrected chi connectivity index (χ1v) is 4.34. The lowest BCUT2D eigenvalue weighted by molar-refractivity contribution is -0.142. The molecular weight excluding hydrogens is 178 g/mol.